The van der Waals surface area contributed by atoms with Gasteiger partial charge in [-0.2, -0.15) is 0 Å². The molecule has 1 amide bonds. The molecule has 0 unspecified atom stereocenters. The highest BCUT2D eigenvalue weighted by atomic mass is 35.5. The molecule has 1 N–H and O–H groups in total. The van der Waals surface area contributed by atoms with E-state index in [1.165, 1.54) is 6.33 Å². The molecule has 2 aliphatic heterocycles. The van der Waals surface area contributed by atoms with E-state index in [2.05, 4.69) is 19.9 Å². The van der Waals surface area contributed by atoms with E-state index < -0.39 is 0 Å². The standard InChI is InChI=1S/C22H25ClN6O2/c23-16-1-2-20-19(11-16)26-22(31)29(20)18-5-7-27(8-6-18)17-3-9-28(10-4-17)21(30)15-12-24-14-25-13-15/h1-2,11-14,17-18H,3-10H2,(H,26,31). The smallest absolute Gasteiger partial charge is 0.326 e. The zero-order chi connectivity index (χ0) is 21.4. The van der Waals surface area contributed by atoms with Crippen molar-refractivity contribution >= 4 is 28.5 Å². The van der Waals surface area contributed by atoms with E-state index in [1.54, 1.807) is 18.5 Å². The highest BCUT2D eigenvalue weighted by Crippen LogP contribution is 2.29. The molecule has 5 rings (SSSR count). The first-order valence-corrected chi connectivity index (χ1v) is 11.2. The van der Waals surface area contributed by atoms with Crippen LogP contribution in [0.25, 0.3) is 11.0 Å². The third kappa shape index (κ3) is 3.97. The summed E-state index contributed by atoms with van der Waals surface area (Å²) in [5, 5.41) is 0.625. The van der Waals surface area contributed by atoms with E-state index in [9.17, 15) is 9.59 Å². The molecule has 3 aromatic rings. The maximum atomic E-state index is 12.6. The Hall–Kier alpha value is -2.71. The molecule has 0 aliphatic carbocycles. The lowest BCUT2D eigenvalue weighted by molar-refractivity contribution is 0.0557. The molecule has 0 spiro atoms. The topological polar surface area (TPSA) is 87.1 Å². The van der Waals surface area contributed by atoms with Gasteiger partial charge in [-0.1, -0.05) is 11.6 Å². The van der Waals surface area contributed by atoms with Gasteiger partial charge >= 0.3 is 5.69 Å². The molecule has 0 saturated carbocycles. The molecule has 2 fully saturated rings. The number of H-pyrrole nitrogens is 1. The Balaban J connectivity index is 1.19. The number of imidazole rings is 1. The zero-order valence-corrected chi connectivity index (χ0v) is 18.0. The number of carbonyl (C=O) groups excluding carboxylic acids is 1. The number of carbonyl (C=O) groups is 1. The molecular formula is C22H25ClN6O2. The molecule has 9 heteroatoms. The molecule has 4 heterocycles. The van der Waals surface area contributed by atoms with Gasteiger partial charge in [0.05, 0.1) is 16.6 Å². The molecule has 2 saturated heterocycles. The van der Waals surface area contributed by atoms with Gasteiger partial charge in [-0.3, -0.25) is 9.36 Å². The minimum Gasteiger partial charge on any atom is -0.338 e. The largest absolute Gasteiger partial charge is 0.338 e. The number of aromatic nitrogens is 4. The van der Waals surface area contributed by atoms with Gasteiger partial charge in [0.2, 0.25) is 0 Å². The Morgan fingerprint density at radius 3 is 2.39 bits per heavy atom. The van der Waals surface area contributed by atoms with Gasteiger partial charge in [-0.25, -0.2) is 14.8 Å². The van der Waals surface area contributed by atoms with E-state index in [1.807, 2.05) is 21.6 Å². The molecular weight excluding hydrogens is 416 g/mol. The number of halogens is 1. The van der Waals surface area contributed by atoms with Gasteiger partial charge in [0, 0.05) is 55.7 Å². The summed E-state index contributed by atoms with van der Waals surface area (Å²) in [6, 6.07) is 6.24. The van der Waals surface area contributed by atoms with Crippen molar-refractivity contribution in [3.05, 3.63) is 58.0 Å². The SMILES string of the molecule is O=C(c1cncnc1)N1CCC(N2CCC(n3c(=O)[nH]c4cc(Cl)ccc43)CC2)CC1. The Morgan fingerprint density at radius 2 is 1.68 bits per heavy atom. The van der Waals surface area contributed by atoms with Gasteiger partial charge in [-0.05, 0) is 43.9 Å². The predicted molar refractivity (Wildman–Crippen MR) is 118 cm³/mol. The normalized spacial score (nSPS) is 19.2. The fraction of sp³-hybridized carbons (Fsp3) is 0.455. The number of piperidine rings is 2. The van der Waals surface area contributed by atoms with Gasteiger partial charge in [0.15, 0.2) is 0 Å². The number of nitrogens with zero attached hydrogens (tertiary/aromatic N) is 5. The number of hydrogen-bond donors (Lipinski definition) is 1. The molecule has 0 atom stereocenters. The van der Waals surface area contributed by atoms with Crippen molar-refractivity contribution in [2.45, 2.75) is 37.8 Å². The quantitative estimate of drug-likeness (QED) is 0.676. The molecule has 162 valence electrons. The van der Waals surface area contributed by atoms with Crippen LogP contribution in [0.15, 0.2) is 41.7 Å². The molecule has 31 heavy (non-hydrogen) atoms. The Morgan fingerprint density at radius 1 is 1.00 bits per heavy atom. The Kier molecular flexibility index (Phi) is 5.50. The van der Waals surface area contributed by atoms with Crippen LogP contribution in [0.5, 0.6) is 0 Å². The Labute approximate surface area is 184 Å². The molecule has 1 aromatic carbocycles. The summed E-state index contributed by atoms with van der Waals surface area (Å²) in [4.78, 5) is 40.4. The van der Waals surface area contributed by atoms with Crippen molar-refractivity contribution in [2.24, 2.45) is 0 Å². The van der Waals surface area contributed by atoms with E-state index >= 15 is 0 Å². The number of aromatic amines is 1. The number of rotatable bonds is 3. The molecule has 8 nitrogen and oxygen atoms in total. The van der Waals surface area contributed by atoms with Crippen LogP contribution in [0.3, 0.4) is 0 Å². The van der Waals surface area contributed by atoms with E-state index in [0.29, 0.717) is 16.6 Å². The van der Waals surface area contributed by atoms with Gasteiger partial charge in [0.1, 0.15) is 6.33 Å². The molecule has 0 radical (unpaired) electrons. The van der Waals surface area contributed by atoms with E-state index in [0.717, 1.165) is 62.9 Å². The van der Waals surface area contributed by atoms with Crippen LogP contribution in [-0.2, 0) is 0 Å². The number of nitrogens with one attached hydrogen (secondary N) is 1. The third-order valence-corrected chi connectivity index (χ3v) is 6.85. The summed E-state index contributed by atoms with van der Waals surface area (Å²) in [6.45, 7) is 3.42. The monoisotopic (exact) mass is 440 g/mol. The second-order valence-electron chi connectivity index (χ2n) is 8.38. The van der Waals surface area contributed by atoms with E-state index in [-0.39, 0.29) is 17.6 Å². The lowest BCUT2D eigenvalue weighted by Crippen LogP contribution is -2.49. The maximum absolute atomic E-state index is 12.6. The number of amides is 1. The average Bonchev–Trinajstić information content (AvgIpc) is 3.14. The molecule has 2 aromatic heterocycles. The van der Waals surface area contributed by atoms with Crippen molar-refractivity contribution in [1.29, 1.82) is 0 Å². The number of fused-ring (bicyclic) bond motifs is 1. The van der Waals surface area contributed by atoms with Gasteiger partial charge in [0.25, 0.3) is 5.91 Å². The highest BCUT2D eigenvalue weighted by molar-refractivity contribution is 6.31. The van der Waals surface area contributed by atoms with Crippen molar-refractivity contribution in [1.82, 2.24) is 29.3 Å². The van der Waals surface area contributed by atoms with Gasteiger partial charge < -0.3 is 14.8 Å². The Bertz CT molecular complexity index is 1130. The maximum Gasteiger partial charge on any atom is 0.326 e. The summed E-state index contributed by atoms with van der Waals surface area (Å²) in [5.74, 6) is 0.0107. The van der Waals surface area contributed by atoms with Crippen LogP contribution in [-0.4, -0.2) is 67.4 Å². The minimum atomic E-state index is -0.0626. The minimum absolute atomic E-state index is 0.0107. The van der Waals surface area contributed by atoms with Crippen molar-refractivity contribution in [3.63, 3.8) is 0 Å². The van der Waals surface area contributed by atoms with Crippen molar-refractivity contribution < 1.29 is 4.79 Å². The number of likely N-dealkylation sites (tertiary alicyclic amines) is 2. The number of benzene rings is 1. The van der Waals surface area contributed by atoms with Crippen LogP contribution in [0.1, 0.15) is 42.1 Å². The van der Waals surface area contributed by atoms with Crippen LogP contribution >= 0.6 is 11.6 Å². The summed E-state index contributed by atoms with van der Waals surface area (Å²) in [6.07, 6.45) is 8.41. The molecule has 2 aliphatic rings. The summed E-state index contributed by atoms with van der Waals surface area (Å²) < 4.78 is 1.90. The van der Waals surface area contributed by atoms with Crippen molar-refractivity contribution in [3.8, 4) is 0 Å². The first-order chi connectivity index (χ1) is 15.1. The highest BCUT2D eigenvalue weighted by Gasteiger charge is 2.31. The van der Waals surface area contributed by atoms with Crippen LogP contribution in [0, 0.1) is 0 Å². The molecule has 0 bridgehead atoms. The average molecular weight is 441 g/mol. The van der Waals surface area contributed by atoms with E-state index in [4.69, 9.17) is 11.6 Å². The van der Waals surface area contributed by atoms with Gasteiger partial charge in [-0.15, -0.1) is 0 Å². The number of hydrogen-bond acceptors (Lipinski definition) is 5. The van der Waals surface area contributed by atoms with Crippen molar-refractivity contribution in [2.75, 3.05) is 26.2 Å². The van der Waals surface area contributed by atoms with Crippen LogP contribution in [0.4, 0.5) is 0 Å². The summed E-state index contributed by atoms with van der Waals surface area (Å²) in [5.41, 5.74) is 2.20. The first kappa shape index (κ1) is 20.2. The zero-order valence-electron chi connectivity index (χ0n) is 17.2. The van der Waals surface area contributed by atoms with Crippen LogP contribution < -0.4 is 5.69 Å². The fourth-order valence-corrected chi connectivity index (χ4v) is 5.17. The van der Waals surface area contributed by atoms with Crippen LogP contribution in [0.2, 0.25) is 5.02 Å². The summed E-state index contributed by atoms with van der Waals surface area (Å²) in [7, 11) is 0. The summed E-state index contributed by atoms with van der Waals surface area (Å²) >= 11 is 6.07. The fourth-order valence-electron chi connectivity index (χ4n) is 5.00. The second-order valence-corrected chi connectivity index (χ2v) is 8.82. The second kappa shape index (κ2) is 8.43. The third-order valence-electron chi connectivity index (χ3n) is 6.62. The lowest BCUT2D eigenvalue weighted by atomic mass is 9.97. The first-order valence-electron chi connectivity index (χ1n) is 10.8. The predicted octanol–water partition coefficient (Wildman–Crippen LogP) is 2.71. The lowest BCUT2D eigenvalue weighted by Gasteiger charge is -2.42.